The molecule has 0 saturated heterocycles. The lowest BCUT2D eigenvalue weighted by Gasteiger charge is -2.09. The fourth-order valence-electron chi connectivity index (χ4n) is 3.53. The summed E-state index contributed by atoms with van der Waals surface area (Å²) in [5, 5.41) is 2.78. The highest BCUT2D eigenvalue weighted by Gasteiger charge is 2.11. The Morgan fingerprint density at radius 2 is 1.49 bits per heavy atom. The predicted octanol–water partition coefficient (Wildman–Crippen LogP) is 4.35. The van der Waals surface area contributed by atoms with Crippen LogP contribution in [0.1, 0.15) is 57.5 Å². The first-order valence-corrected chi connectivity index (χ1v) is 12.2. The molecule has 0 fully saturated rings. The van der Waals surface area contributed by atoms with Crippen LogP contribution in [-0.2, 0) is 20.7 Å². The highest BCUT2D eigenvalue weighted by molar-refractivity contribution is 6.04. The van der Waals surface area contributed by atoms with Crippen LogP contribution in [-0.4, -0.2) is 30.3 Å². The van der Waals surface area contributed by atoms with Gasteiger partial charge in [0.25, 0.3) is 11.8 Å². The third kappa shape index (κ3) is 9.60. The number of carbonyl (C=O) groups excluding carboxylic acids is 4. The number of benzene rings is 3. The Balaban J connectivity index is 1.30. The lowest BCUT2D eigenvalue weighted by Crippen LogP contribution is -2.41. The molecule has 0 aliphatic heterocycles. The number of anilines is 1. The predicted molar refractivity (Wildman–Crippen MR) is 141 cm³/mol. The van der Waals surface area contributed by atoms with E-state index in [1.165, 1.54) is 5.56 Å². The second-order valence-electron chi connectivity index (χ2n) is 8.57. The average Bonchev–Trinajstić information content (AvgIpc) is 2.91. The van der Waals surface area contributed by atoms with Crippen LogP contribution in [0, 0.1) is 6.92 Å². The van der Waals surface area contributed by atoms with Crippen LogP contribution in [0.2, 0.25) is 0 Å². The maximum atomic E-state index is 12.3. The molecule has 0 radical (unpaired) electrons. The highest BCUT2D eigenvalue weighted by atomic mass is 16.5. The minimum absolute atomic E-state index is 0.0727. The van der Waals surface area contributed by atoms with E-state index in [-0.39, 0.29) is 24.7 Å². The van der Waals surface area contributed by atoms with Gasteiger partial charge in [0.05, 0.1) is 6.61 Å². The van der Waals surface area contributed by atoms with Crippen molar-refractivity contribution in [3.8, 4) is 0 Å². The van der Waals surface area contributed by atoms with Crippen LogP contribution in [0.4, 0.5) is 5.69 Å². The molecule has 3 aromatic carbocycles. The van der Waals surface area contributed by atoms with Crippen molar-refractivity contribution < 1.29 is 23.9 Å². The molecule has 8 heteroatoms. The largest absolute Gasteiger partial charge is 0.466 e. The molecule has 192 valence electrons. The van der Waals surface area contributed by atoms with Crippen LogP contribution in [0.25, 0.3) is 0 Å². The highest BCUT2D eigenvalue weighted by Crippen LogP contribution is 2.12. The van der Waals surface area contributed by atoms with Gasteiger partial charge in [0.1, 0.15) is 0 Å². The summed E-state index contributed by atoms with van der Waals surface area (Å²) >= 11 is 0. The molecule has 3 amide bonds. The molecule has 0 aliphatic rings. The fraction of sp³-hybridized carbons (Fsp3) is 0.241. The third-order valence-corrected chi connectivity index (χ3v) is 5.50. The maximum Gasteiger partial charge on any atom is 0.305 e. The first kappa shape index (κ1) is 27.1. The molecule has 0 aliphatic carbocycles. The van der Waals surface area contributed by atoms with E-state index in [0.717, 1.165) is 18.4 Å². The molecule has 0 spiro atoms. The molecule has 0 atom stereocenters. The Morgan fingerprint density at radius 3 is 2.22 bits per heavy atom. The number of ether oxygens (including phenoxy) is 1. The van der Waals surface area contributed by atoms with Gasteiger partial charge in [-0.05, 0) is 68.1 Å². The minimum Gasteiger partial charge on any atom is -0.466 e. The van der Waals surface area contributed by atoms with Gasteiger partial charge < -0.3 is 10.1 Å². The summed E-state index contributed by atoms with van der Waals surface area (Å²) < 4.78 is 5.20. The van der Waals surface area contributed by atoms with Gasteiger partial charge >= 0.3 is 5.97 Å². The smallest absolute Gasteiger partial charge is 0.305 e. The van der Waals surface area contributed by atoms with Gasteiger partial charge in [0.15, 0.2) is 0 Å². The van der Waals surface area contributed by atoms with E-state index in [2.05, 4.69) is 16.2 Å². The topological polar surface area (TPSA) is 114 Å². The van der Waals surface area contributed by atoms with Gasteiger partial charge in [0, 0.05) is 29.7 Å². The van der Waals surface area contributed by atoms with Gasteiger partial charge in [-0.15, -0.1) is 0 Å². The van der Waals surface area contributed by atoms with Gasteiger partial charge in [-0.2, -0.15) is 0 Å². The molecule has 0 unspecified atom stereocenters. The van der Waals surface area contributed by atoms with Crippen molar-refractivity contribution in [1.82, 2.24) is 10.9 Å². The van der Waals surface area contributed by atoms with E-state index in [9.17, 15) is 19.2 Å². The molecule has 0 heterocycles. The molecular formula is C29H31N3O5. The second kappa shape index (κ2) is 14.2. The molecule has 0 bridgehead atoms. The van der Waals surface area contributed by atoms with Crippen LogP contribution in [0.15, 0.2) is 78.9 Å². The SMILES string of the molecule is Cc1cccc(C(=O)Nc2ccc(C(=O)NNC(=O)CCCC(=O)OCCCc3ccccc3)cc2)c1. The van der Waals surface area contributed by atoms with Crippen molar-refractivity contribution in [2.75, 3.05) is 11.9 Å². The van der Waals surface area contributed by atoms with E-state index >= 15 is 0 Å². The third-order valence-electron chi connectivity index (χ3n) is 5.50. The zero-order chi connectivity index (χ0) is 26.5. The number of hydrogen-bond donors (Lipinski definition) is 3. The van der Waals surface area contributed by atoms with Crippen molar-refractivity contribution in [3.05, 3.63) is 101 Å². The molecular weight excluding hydrogens is 470 g/mol. The Bertz CT molecular complexity index is 1210. The number of hydrogen-bond acceptors (Lipinski definition) is 5. The second-order valence-corrected chi connectivity index (χ2v) is 8.57. The van der Waals surface area contributed by atoms with Crippen molar-refractivity contribution in [2.24, 2.45) is 0 Å². The van der Waals surface area contributed by atoms with Crippen molar-refractivity contribution >= 4 is 29.4 Å². The molecule has 3 rings (SSSR count). The summed E-state index contributed by atoms with van der Waals surface area (Å²) in [5.41, 5.74) is 8.25. The quantitative estimate of drug-likeness (QED) is 0.205. The van der Waals surface area contributed by atoms with Crippen molar-refractivity contribution in [1.29, 1.82) is 0 Å². The summed E-state index contributed by atoms with van der Waals surface area (Å²) in [6, 6.07) is 23.5. The maximum absolute atomic E-state index is 12.3. The van der Waals surface area contributed by atoms with Crippen LogP contribution >= 0.6 is 0 Å². The van der Waals surface area contributed by atoms with Crippen LogP contribution < -0.4 is 16.2 Å². The van der Waals surface area contributed by atoms with E-state index in [0.29, 0.717) is 29.8 Å². The summed E-state index contributed by atoms with van der Waals surface area (Å²) in [6.07, 6.45) is 2.09. The van der Waals surface area contributed by atoms with Crippen molar-refractivity contribution in [2.45, 2.75) is 39.0 Å². The number of aryl methyl sites for hydroxylation is 2. The number of carbonyl (C=O) groups is 4. The zero-order valence-electron chi connectivity index (χ0n) is 20.8. The van der Waals surface area contributed by atoms with Gasteiger partial charge in [-0.25, -0.2) is 0 Å². The van der Waals surface area contributed by atoms with Gasteiger partial charge in [-0.1, -0.05) is 48.0 Å². The van der Waals surface area contributed by atoms with Crippen molar-refractivity contribution in [3.63, 3.8) is 0 Å². The number of hydrazine groups is 1. The monoisotopic (exact) mass is 501 g/mol. The number of amides is 3. The molecule has 37 heavy (non-hydrogen) atoms. The van der Waals surface area contributed by atoms with E-state index in [1.807, 2.05) is 49.4 Å². The molecule has 0 saturated carbocycles. The lowest BCUT2D eigenvalue weighted by molar-refractivity contribution is -0.143. The minimum atomic E-state index is -0.497. The van der Waals surface area contributed by atoms with Gasteiger partial charge in [0.2, 0.25) is 5.91 Å². The Labute approximate surface area is 216 Å². The standard InChI is InChI=1S/C29H31N3O5/c1-21-8-5-12-24(20-21)28(35)30-25-17-15-23(16-18-25)29(36)32-31-26(33)13-6-14-27(34)37-19-7-11-22-9-3-2-4-10-22/h2-5,8-10,12,15-18,20H,6-7,11,13-14,19H2,1H3,(H,30,35)(H,31,33)(H,32,36). The number of esters is 1. The summed E-state index contributed by atoms with van der Waals surface area (Å²) in [4.78, 5) is 48.4. The zero-order valence-corrected chi connectivity index (χ0v) is 20.8. The van der Waals surface area contributed by atoms with E-state index in [4.69, 9.17) is 4.74 Å². The van der Waals surface area contributed by atoms with E-state index in [1.54, 1.807) is 36.4 Å². The van der Waals surface area contributed by atoms with Crippen LogP contribution in [0.3, 0.4) is 0 Å². The first-order chi connectivity index (χ1) is 17.9. The normalized spacial score (nSPS) is 10.3. The Morgan fingerprint density at radius 1 is 0.730 bits per heavy atom. The molecule has 8 nitrogen and oxygen atoms in total. The summed E-state index contributed by atoms with van der Waals surface area (Å²) in [7, 11) is 0. The Kier molecular flexibility index (Phi) is 10.4. The summed E-state index contributed by atoms with van der Waals surface area (Å²) in [6.45, 7) is 2.25. The van der Waals surface area contributed by atoms with Crippen LogP contribution in [0.5, 0.6) is 0 Å². The number of rotatable bonds is 11. The Hall–Kier alpha value is -4.46. The first-order valence-electron chi connectivity index (χ1n) is 12.2. The number of nitrogens with one attached hydrogen (secondary N) is 3. The molecule has 3 N–H and O–H groups in total. The van der Waals surface area contributed by atoms with E-state index < -0.39 is 11.8 Å². The lowest BCUT2D eigenvalue weighted by atomic mass is 10.1. The molecule has 0 aromatic heterocycles. The van der Waals surface area contributed by atoms with Gasteiger partial charge in [-0.3, -0.25) is 30.0 Å². The molecule has 3 aromatic rings. The fourth-order valence-corrected chi connectivity index (χ4v) is 3.53. The summed E-state index contributed by atoms with van der Waals surface area (Å²) in [5.74, 6) is -1.50. The average molecular weight is 502 g/mol.